The second-order valence-electron chi connectivity index (χ2n) is 6.36. The normalized spacial score (nSPS) is 11.8. The number of hydrogen-bond acceptors (Lipinski definition) is 6. The molecule has 1 heterocycles. The number of benzene rings is 1. The quantitative estimate of drug-likeness (QED) is 0.775. The van der Waals surface area contributed by atoms with E-state index in [0.29, 0.717) is 5.69 Å². The SMILES string of the molecule is CC(C)(C)C(=O)COC(=O)c1ccc(NS(=O)(=O)c2cccs2)cc1. The predicted molar refractivity (Wildman–Crippen MR) is 96.3 cm³/mol. The first-order chi connectivity index (χ1) is 11.6. The maximum Gasteiger partial charge on any atom is 0.338 e. The Kier molecular flexibility index (Phi) is 5.64. The molecule has 0 aliphatic rings. The van der Waals surface area contributed by atoms with Gasteiger partial charge in [0.2, 0.25) is 0 Å². The Balaban J connectivity index is 2.00. The van der Waals surface area contributed by atoms with E-state index < -0.39 is 21.4 Å². The molecule has 0 spiro atoms. The molecule has 0 saturated heterocycles. The van der Waals surface area contributed by atoms with Crippen molar-refractivity contribution in [2.24, 2.45) is 5.41 Å². The van der Waals surface area contributed by atoms with Gasteiger partial charge in [-0.05, 0) is 35.7 Å². The molecule has 0 bridgehead atoms. The van der Waals surface area contributed by atoms with Crippen molar-refractivity contribution in [2.45, 2.75) is 25.0 Å². The van der Waals surface area contributed by atoms with Gasteiger partial charge in [0, 0.05) is 11.1 Å². The highest BCUT2D eigenvalue weighted by molar-refractivity contribution is 7.94. The molecule has 134 valence electrons. The van der Waals surface area contributed by atoms with Crippen molar-refractivity contribution < 1.29 is 22.7 Å². The molecular weight excluding hydrogens is 362 g/mol. The largest absolute Gasteiger partial charge is 0.454 e. The zero-order chi connectivity index (χ0) is 18.7. The fourth-order valence-corrected chi connectivity index (χ4v) is 3.78. The number of ether oxygens (including phenoxy) is 1. The lowest BCUT2D eigenvalue weighted by atomic mass is 9.91. The van der Waals surface area contributed by atoms with Crippen LogP contribution in [0.2, 0.25) is 0 Å². The highest BCUT2D eigenvalue weighted by atomic mass is 32.2. The molecule has 0 saturated carbocycles. The lowest BCUT2D eigenvalue weighted by molar-refractivity contribution is -0.129. The minimum atomic E-state index is -3.63. The number of thiophene rings is 1. The van der Waals surface area contributed by atoms with Gasteiger partial charge in [-0.2, -0.15) is 0 Å². The first-order valence-corrected chi connectivity index (χ1v) is 9.83. The van der Waals surface area contributed by atoms with Crippen LogP contribution in [0.25, 0.3) is 0 Å². The zero-order valence-electron chi connectivity index (χ0n) is 14.1. The highest BCUT2D eigenvalue weighted by Crippen LogP contribution is 2.21. The third-order valence-corrected chi connectivity index (χ3v) is 6.08. The van der Waals surface area contributed by atoms with Crippen LogP contribution in [0.5, 0.6) is 0 Å². The molecule has 0 radical (unpaired) electrons. The van der Waals surface area contributed by atoms with Gasteiger partial charge in [0.15, 0.2) is 12.4 Å². The number of nitrogens with one attached hydrogen (secondary N) is 1. The van der Waals surface area contributed by atoms with E-state index in [1.807, 2.05) is 0 Å². The van der Waals surface area contributed by atoms with Crippen LogP contribution in [0.15, 0.2) is 46.0 Å². The van der Waals surface area contributed by atoms with Crippen molar-refractivity contribution in [3.05, 3.63) is 47.3 Å². The van der Waals surface area contributed by atoms with Crippen molar-refractivity contribution >= 4 is 38.8 Å². The number of rotatable bonds is 6. The predicted octanol–water partition coefficient (Wildman–Crippen LogP) is 3.32. The summed E-state index contributed by atoms with van der Waals surface area (Å²) in [6.45, 7) is 4.95. The van der Waals surface area contributed by atoms with Crippen LogP contribution in [0.1, 0.15) is 31.1 Å². The second kappa shape index (κ2) is 7.37. The fourth-order valence-electron chi connectivity index (χ4n) is 1.73. The molecule has 0 amide bonds. The van der Waals surface area contributed by atoms with Crippen LogP contribution in [0.4, 0.5) is 5.69 Å². The summed E-state index contributed by atoms with van der Waals surface area (Å²) >= 11 is 1.11. The number of carbonyl (C=O) groups is 2. The van der Waals surface area contributed by atoms with E-state index in [2.05, 4.69) is 4.72 Å². The number of carbonyl (C=O) groups excluding carboxylic acids is 2. The van der Waals surface area contributed by atoms with Crippen LogP contribution >= 0.6 is 11.3 Å². The zero-order valence-corrected chi connectivity index (χ0v) is 15.7. The Morgan fingerprint density at radius 3 is 2.28 bits per heavy atom. The van der Waals surface area contributed by atoms with Gasteiger partial charge in [-0.1, -0.05) is 26.8 Å². The van der Waals surface area contributed by atoms with Gasteiger partial charge in [-0.3, -0.25) is 9.52 Å². The van der Waals surface area contributed by atoms with Crippen molar-refractivity contribution in [1.29, 1.82) is 0 Å². The van der Waals surface area contributed by atoms with E-state index in [0.717, 1.165) is 11.3 Å². The Morgan fingerprint density at radius 2 is 1.76 bits per heavy atom. The minimum absolute atomic E-state index is 0.179. The Hall–Kier alpha value is -2.19. The van der Waals surface area contributed by atoms with E-state index in [-0.39, 0.29) is 22.2 Å². The summed E-state index contributed by atoms with van der Waals surface area (Å²) in [5.41, 5.74) is -0.0130. The average molecular weight is 381 g/mol. The van der Waals surface area contributed by atoms with E-state index in [9.17, 15) is 18.0 Å². The summed E-state index contributed by atoms with van der Waals surface area (Å²) < 4.78 is 31.9. The lowest BCUT2D eigenvalue weighted by Crippen LogP contribution is -2.26. The summed E-state index contributed by atoms with van der Waals surface area (Å²) in [6, 6.07) is 8.97. The number of hydrogen-bond donors (Lipinski definition) is 1. The van der Waals surface area contributed by atoms with Crippen LogP contribution in [-0.2, 0) is 19.6 Å². The van der Waals surface area contributed by atoms with Gasteiger partial charge in [-0.25, -0.2) is 13.2 Å². The molecule has 2 rings (SSSR count). The molecule has 25 heavy (non-hydrogen) atoms. The molecule has 0 unspecified atom stereocenters. The van der Waals surface area contributed by atoms with E-state index in [4.69, 9.17) is 4.74 Å². The summed E-state index contributed by atoms with van der Waals surface area (Å²) in [7, 11) is -3.63. The molecule has 2 aromatic rings. The van der Waals surface area contributed by atoms with Crippen molar-refractivity contribution in [2.75, 3.05) is 11.3 Å². The summed E-state index contributed by atoms with van der Waals surface area (Å²) in [6.07, 6.45) is 0. The van der Waals surface area contributed by atoms with Gasteiger partial charge < -0.3 is 4.74 Å². The van der Waals surface area contributed by atoms with E-state index >= 15 is 0 Å². The first kappa shape index (κ1) is 19.1. The lowest BCUT2D eigenvalue weighted by Gasteiger charge is -2.16. The number of Topliss-reactive ketones (excluding diaryl/α,β-unsaturated/α-hetero) is 1. The van der Waals surface area contributed by atoms with Crippen molar-refractivity contribution in [1.82, 2.24) is 0 Å². The third kappa shape index (κ3) is 5.14. The molecule has 0 atom stereocenters. The van der Waals surface area contributed by atoms with E-state index in [1.165, 1.54) is 30.3 Å². The summed E-state index contributed by atoms with van der Waals surface area (Å²) in [4.78, 5) is 23.7. The fraction of sp³-hybridized carbons (Fsp3) is 0.294. The molecule has 6 nitrogen and oxygen atoms in total. The second-order valence-corrected chi connectivity index (χ2v) is 9.22. The van der Waals surface area contributed by atoms with E-state index in [1.54, 1.807) is 32.2 Å². The Bertz CT molecular complexity index is 847. The summed E-state index contributed by atoms with van der Waals surface area (Å²) in [5, 5.41) is 1.67. The average Bonchev–Trinajstić information content (AvgIpc) is 3.07. The number of ketones is 1. The van der Waals surface area contributed by atoms with Gasteiger partial charge in [-0.15, -0.1) is 11.3 Å². The van der Waals surface area contributed by atoms with Gasteiger partial charge in [0.05, 0.1) is 5.56 Å². The number of esters is 1. The van der Waals surface area contributed by atoms with Gasteiger partial charge in [0.1, 0.15) is 4.21 Å². The maximum atomic E-state index is 12.1. The van der Waals surface area contributed by atoms with Gasteiger partial charge in [0.25, 0.3) is 10.0 Å². The molecule has 1 aromatic carbocycles. The number of sulfonamides is 1. The molecule has 1 aromatic heterocycles. The third-order valence-electron chi connectivity index (χ3n) is 3.30. The van der Waals surface area contributed by atoms with Crippen LogP contribution in [0.3, 0.4) is 0 Å². The minimum Gasteiger partial charge on any atom is -0.454 e. The molecule has 1 N–H and O–H groups in total. The molecule has 8 heteroatoms. The van der Waals surface area contributed by atoms with Crippen molar-refractivity contribution in [3.63, 3.8) is 0 Å². The monoisotopic (exact) mass is 381 g/mol. The smallest absolute Gasteiger partial charge is 0.338 e. The number of anilines is 1. The highest BCUT2D eigenvalue weighted by Gasteiger charge is 2.23. The van der Waals surface area contributed by atoms with Gasteiger partial charge >= 0.3 is 5.97 Å². The van der Waals surface area contributed by atoms with Crippen LogP contribution in [0, 0.1) is 5.41 Å². The topological polar surface area (TPSA) is 89.5 Å². The maximum absolute atomic E-state index is 12.1. The van der Waals surface area contributed by atoms with Crippen LogP contribution in [-0.4, -0.2) is 26.8 Å². The standard InChI is InChI=1S/C17H19NO5S2/c1-17(2,3)14(19)11-23-16(20)12-6-8-13(9-7-12)18-25(21,22)15-5-4-10-24-15/h4-10,18H,11H2,1-3H3. The first-order valence-electron chi connectivity index (χ1n) is 7.46. The molecule has 0 aliphatic heterocycles. The van der Waals surface area contributed by atoms with Crippen LogP contribution < -0.4 is 4.72 Å². The molecule has 0 fully saturated rings. The Morgan fingerprint density at radius 1 is 1.12 bits per heavy atom. The molecular formula is C17H19NO5S2. The van der Waals surface area contributed by atoms with Crippen molar-refractivity contribution in [3.8, 4) is 0 Å². The Labute approximate surface area is 150 Å². The summed E-state index contributed by atoms with van der Waals surface area (Å²) in [5.74, 6) is -0.813. The molecule has 0 aliphatic carbocycles.